The summed E-state index contributed by atoms with van der Waals surface area (Å²) in [5, 5.41) is 6.44. The van der Waals surface area contributed by atoms with Crippen molar-refractivity contribution in [2.75, 3.05) is 69.0 Å². The maximum absolute atomic E-state index is 13.6. The van der Waals surface area contributed by atoms with Crippen molar-refractivity contribution in [3.05, 3.63) is 48.0 Å². The number of nitrogens with zero attached hydrogens (tertiary/aromatic N) is 3. The molecule has 39 heavy (non-hydrogen) atoms. The second-order valence-corrected chi connectivity index (χ2v) is 12.8. The fourth-order valence-electron chi connectivity index (χ4n) is 4.99. The third kappa shape index (κ3) is 6.98. The number of hydrogen-bond acceptors (Lipinski definition) is 9. The smallest absolute Gasteiger partial charge is 0.258 e. The molecule has 2 aromatic rings. The first-order valence-electron chi connectivity index (χ1n) is 13.5. The largest absolute Gasteiger partial charge is 0.371 e. The van der Waals surface area contributed by atoms with Crippen molar-refractivity contribution in [3.8, 4) is 0 Å². The summed E-state index contributed by atoms with van der Waals surface area (Å²) < 4.78 is 34.7. The number of pyridine rings is 1. The molecule has 5 heterocycles. The second kappa shape index (κ2) is 12.5. The van der Waals surface area contributed by atoms with Gasteiger partial charge in [0.05, 0.1) is 41.5 Å². The maximum atomic E-state index is 13.6. The van der Waals surface area contributed by atoms with Crippen LogP contribution in [-0.2, 0) is 14.8 Å². The third-order valence-electron chi connectivity index (χ3n) is 7.21. The zero-order chi connectivity index (χ0) is 27.2. The molecule has 0 radical (unpaired) electrons. The minimum Gasteiger partial charge on any atom is -0.371 e. The molecule has 0 spiro atoms. The Morgan fingerprint density at radius 1 is 1.13 bits per heavy atom. The summed E-state index contributed by atoms with van der Waals surface area (Å²) in [5.74, 6) is 2.03. The lowest BCUT2D eigenvalue weighted by molar-refractivity contribution is 0.102. The predicted molar refractivity (Wildman–Crippen MR) is 159 cm³/mol. The van der Waals surface area contributed by atoms with Crippen LogP contribution in [0.15, 0.2) is 42.5 Å². The molecule has 6 rings (SSSR count). The monoisotopic (exact) mass is 572 g/mol. The van der Waals surface area contributed by atoms with E-state index in [1.165, 1.54) is 0 Å². The Kier molecular flexibility index (Phi) is 8.83. The summed E-state index contributed by atoms with van der Waals surface area (Å²) in [5.41, 5.74) is 2.62. The van der Waals surface area contributed by atoms with Crippen molar-refractivity contribution in [1.82, 2.24) is 4.98 Å². The van der Waals surface area contributed by atoms with Crippen molar-refractivity contribution < 1.29 is 17.9 Å². The molecule has 2 fully saturated rings. The number of carbonyl (C=O) groups excluding carboxylic acids is 1. The van der Waals surface area contributed by atoms with Crippen LogP contribution in [0.25, 0.3) is 0 Å². The Labute approximate surface area is 234 Å². The average molecular weight is 573 g/mol. The van der Waals surface area contributed by atoms with E-state index in [2.05, 4.69) is 36.7 Å². The van der Waals surface area contributed by atoms with E-state index in [1.54, 1.807) is 37.1 Å². The fourth-order valence-corrected chi connectivity index (χ4v) is 6.43. The summed E-state index contributed by atoms with van der Waals surface area (Å²) in [7, 11) is -3.44. The molecule has 210 valence electrons. The van der Waals surface area contributed by atoms with E-state index >= 15 is 0 Å². The Bertz CT molecular complexity index is 1310. The Balaban J connectivity index is 1.48. The molecule has 4 bridgehead atoms. The van der Waals surface area contributed by atoms with Crippen molar-refractivity contribution in [2.24, 2.45) is 5.92 Å². The zero-order valence-electron chi connectivity index (χ0n) is 22.2. The van der Waals surface area contributed by atoms with Crippen LogP contribution in [-0.4, -0.2) is 63.8 Å². The number of amides is 1. The van der Waals surface area contributed by atoms with E-state index in [9.17, 15) is 13.2 Å². The highest BCUT2D eigenvalue weighted by Crippen LogP contribution is 2.34. The number of piperidine rings is 1. The number of aromatic nitrogens is 1. The molecule has 0 atom stereocenters. The minimum absolute atomic E-state index is 0.0233. The van der Waals surface area contributed by atoms with Crippen molar-refractivity contribution in [2.45, 2.75) is 32.6 Å². The van der Waals surface area contributed by atoms with E-state index in [4.69, 9.17) is 9.72 Å². The van der Waals surface area contributed by atoms with Crippen LogP contribution in [0.3, 0.4) is 0 Å². The minimum atomic E-state index is -3.44. The van der Waals surface area contributed by atoms with E-state index in [0.717, 1.165) is 63.2 Å². The number of ether oxygens (including phenoxy) is 1. The average Bonchev–Trinajstić information content (AvgIpc) is 2.95. The molecular formula is C27H36N6O4S2. The molecule has 12 heteroatoms. The standard InChI is InChI=1S/C27H36N6O4S2/c1-2-39(35,36)31-21-7-8-22-24(18-21)32-14-11-20(12-15-32)6-4-3-5-13-28-26-23(33-16-17-37-19-38-33)9-10-25(29-26)30-27(22)34/h3-4,7-10,18,20,31H,2,5-6,11-17,19H2,1H3,(H2,28,29,30,34)/b4-3+. The highest BCUT2D eigenvalue weighted by Gasteiger charge is 2.25. The van der Waals surface area contributed by atoms with E-state index in [0.29, 0.717) is 41.4 Å². The van der Waals surface area contributed by atoms with Crippen LogP contribution in [0.4, 0.5) is 28.7 Å². The first kappa shape index (κ1) is 27.6. The van der Waals surface area contributed by atoms with E-state index in [1.807, 2.05) is 12.1 Å². The number of rotatable bonds is 4. The molecule has 1 aromatic heterocycles. The molecule has 1 amide bonds. The van der Waals surface area contributed by atoms with Gasteiger partial charge < -0.3 is 24.6 Å². The summed E-state index contributed by atoms with van der Waals surface area (Å²) in [4.78, 5) is 20.6. The number of benzene rings is 1. The summed E-state index contributed by atoms with van der Waals surface area (Å²) in [6.45, 7) is 5.35. The predicted octanol–water partition coefficient (Wildman–Crippen LogP) is 4.52. The van der Waals surface area contributed by atoms with Crippen LogP contribution >= 0.6 is 11.9 Å². The number of allylic oxidation sites excluding steroid dienone is 1. The molecule has 10 nitrogen and oxygen atoms in total. The van der Waals surface area contributed by atoms with Gasteiger partial charge in [-0.25, -0.2) is 13.4 Å². The van der Waals surface area contributed by atoms with Gasteiger partial charge in [-0.05, 0) is 80.8 Å². The topological polar surface area (TPSA) is 116 Å². The quantitative estimate of drug-likeness (QED) is 0.359. The Morgan fingerprint density at radius 3 is 2.74 bits per heavy atom. The van der Waals surface area contributed by atoms with Crippen molar-refractivity contribution >= 4 is 56.6 Å². The van der Waals surface area contributed by atoms with Gasteiger partial charge in [-0.2, -0.15) is 0 Å². The van der Waals surface area contributed by atoms with Gasteiger partial charge in [0.15, 0.2) is 5.82 Å². The normalized spacial score (nSPS) is 20.0. The first-order valence-corrected chi connectivity index (χ1v) is 16.1. The van der Waals surface area contributed by atoms with Gasteiger partial charge in [0.2, 0.25) is 10.0 Å². The Hall–Kier alpha value is -2.96. The van der Waals surface area contributed by atoms with Gasteiger partial charge in [0.1, 0.15) is 11.8 Å². The maximum Gasteiger partial charge on any atom is 0.258 e. The highest BCUT2D eigenvalue weighted by atomic mass is 32.2. The number of carbonyl (C=O) groups is 1. The number of anilines is 5. The molecular weight excluding hydrogens is 536 g/mol. The van der Waals surface area contributed by atoms with E-state index < -0.39 is 10.0 Å². The van der Waals surface area contributed by atoms with Crippen LogP contribution in [0.1, 0.15) is 43.0 Å². The highest BCUT2D eigenvalue weighted by molar-refractivity contribution is 8.00. The lowest BCUT2D eigenvalue weighted by Gasteiger charge is -2.34. The van der Waals surface area contributed by atoms with Crippen LogP contribution in [0.2, 0.25) is 0 Å². The van der Waals surface area contributed by atoms with Gasteiger partial charge in [-0.1, -0.05) is 12.2 Å². The lowest BCUT2D eigenvalue weighted by atomic mass is 9.92. The second-order valence-electron chi connectivity index (χ2n) is 9.87. The third-order valence-corrected chi connectivity index (χ3v) is 9.48. The number of sulfonamides is 1. The summed E-state index contributed by atoms with van der Waals surface area (Å²) in [6.07, 6.45) is 8.44. The van der Waals surface area contributed by atoms with Crippen LogP contribution in [0.5, 0.6) is 0 Å². The molecule has 3 N–H and O–H groups in total. The molecule has 4 aliphatic heterocycles. The molecule has 4 aliphatic rings. The Morgan fingerprint density at radius 2 is 1.97 bits per heavy atom. The molecule has 1 aromatic carbocycles. The van der Waals surface area contributed by atoms with Crippen LogP contribution in [0, 0.1) is 5.92 Å². The lowest BCUT2D eigenvalue weighted by Crippen LogP contribution is -2.35. The van der Waals surface area contributed by atoms with Gasteiger partial charge in [0.25, 0.3) is 5.91 Å². The fraction of sp³-hybridized carbons (Fsp3) is 0.481. The molecule has 0 saturated carbocycles. The molecule has 0 aliphatic carbocycles. The van der Waals surface area contributed by atoms with Crippen LogP contribution < -0.4 is 24.6 Å². The van der Waals surface area contributed by atoms with Crippen molar-refractivity contribution in [1.29, 1.82) is 0 Å². The first-order chi connectivity index (χ1) is 18.9. The summed E-state index contributed by atoms with van der Waals surface area (Å²) in [6, 6.07) is 8.90. The number of hydrogen-bond donors (Lipinski definition) is 3. The SMILES string of the molecule is CCS(=O)(=O)Nc1ccc2c(c1)N1CCC(C/C=C/CCNc3nc(ccc3N3CCOCS3)NC2=O)CC1. The van der Waals surface area contributed by atoms with Gasteiger partial charge in [0, 0.05) is 19.6 Å². The number of nitrogens with one attached hydrogen (secondary N) is 3. The number of fused-ring (bicyclic) bond motifs is 7. The molecule has 0 unspecified atom stereocenters. The molecule has 2 saturated heterocycles. The summed E-state index contributed by atoms with van der Waals surface area (Å²) >= 11 is 1.60. The zero-order valence-corrected chi connectivity index (χ0v) is 23.8. The van der Waals surface area contributed by atoms with Gasteiger partial charge >= 0.3 is 0 Å². The van der Waals surface area contributed by atoms with Gasteiger partial charge in [-0.15, -0.1) is 0 Å². The van der Waals surface area contributed by atoms with Crippen molar-refractivity contribution in [3.63, 3.8) is 0 Å². The van der Waals surface area contributed by atoms with Gasteiger partial charge in [-0.3, -0.25) is 9.52 Å². The van der Waals surface area contributed by atoms with E-state index in [-0.39, 0.29) is 11.7 Å².